The van der Waals surface area contributed by atoms with Crippen LogP contribution in [0.5, 0.6) is 0 Å². The summed E-state index contributed by atoms with van der Waals surface area (Å²) in [4.78, 5) is 42.1. The van der Waals surface area contributed by atoms with Gasteiger partial charge >= 0.3 is 118 Å². The maximum atomic E-state index is 10.5. The summed E-state index contributed by atoms with van der Waals surface area (Å²) in [7, 11) is -10.7. The van der Waals surface area contributed by atoms with E-state index in [0.717, 1.165) is 0 Å². The fraction of sp³-hybridized carbons (Fsp3) is 1.00. The zero-order chi connectivity index (χ0) is 11.6. The van der Waals surface area contributed by atoms with Crippen LogP contribution in [-0.2, 0) is 9.13 Å². The third kappa shape index (κ3) is 15.2. The molecule has 0 aromatic heterocycles. The van der Waals surface area contributed by atoms with E-state index in [1.807, 2.05) is 0 Å². The van der Waals surface area contributed by atoms with Gasteiger partial charge in [-0.15, -0.1) is 0 Å². The predicted octanol–water partition coefficient (Wildman–Crippen LogP) is -13.4. The van der Waals surface area contributed by atoms with Crippen LogP contribution in [-0.4, -0.2) is 5.40 Å². The molecule has 12 heteroatoms. The molecule has 0 N–H and O–H groups in total. The molecule has 0 aliphatic rings. The first-order valence-electron chi connectivity index (χ1n) is 4.12. The molecule has 0 heterocycles. The molecule has 0 rings (SSSR count). The van der Waals surface area contributed by atoms with Crippen molar-refractivity contribution < 1.29 is 147 Å². The first-order valence-corrected chi connectivity index (χ1v) is 7.34. The second-order valence-electron chi connectivity index (χ2n) is 3.31. The fourth-order valence-electron chi connectivity index (χ4n) is 0.958. The van der Waals surface area contributed by atoms with Gasteiger partial charge in [-0.1, -0.05) is 35.5 Å². The van der Waals surface area contributed by atoms with Gasteiger partial charge in [0.25, 0.3) is 0 Å². The average Bonchev–Trinajstić information content (AvgIpc) is 1.95. The molecule has 0 saturated carbocycles. The quantitative estimate of drug-likeness (QED) is 0.363. The maximum Gasteiger partial charge on any atom is 1.00 e. The van der Waals surface area contributed by atoms with Crippen molar-refractivity contribution in [3.63, 3.8) is 0 Å². The van der Waals surface area contributed by atoms with Crippen molar-refractivity contribution in [2.45, 2.75) is 32.1 Å². The second-order valence-corrected chi connectivity index (χ2v) is 7.12. The zero-order valence-corrected chi connectivity index (χ0v) is 21.7. The molecule has 0 radical (unpaired) electrons. The van der Waals surface area contributed by atoms with Crippen LogP contribution in [0.25, 0.3) is 0 Å². The molecular formula is C6H12Na4O6P2. The van der Waals surface area contributed by atoms with E-state index in [4.69, 9.17) is 0 Å². The zero-order valence-electron chi connectivity index (χ0n) is 11.9. The van der Waals surface area contributed by atoms with Crippen LogP contribution in [0.3, 0.4) is 0 Å². The minimum absolute atomic E-state index is 0. The van der Waals surface area contributed by atoms with Crippen LogP contribution >= 0.6 is 15.2 Å². The topological polar surface area (TPSA) is 126 Å². The first kappa shape index (κ1) is 33.8. The van der Waals surface area contributed by atoms with Crippen LogP contribution in [0.1, 0.15) is 26.7 Å². The second kappa shape index (κ2) is 14.9. The van der Waals surface area contributed by atoms with Crippen molar-refractivity contribution in [3.05, 3.63) is 0 Å². The largest absolute Gasteiger partial charge is 1.00 e. The third-order valence-electron chi connectivity index (χ3n) is 2.04. The summed E-state index contributed by atoms with van der Waals surface area (Å²) in [6, 6.07) is 0. The third-order valence-corrected chi connectivity index (χ3v) is 5.62. The summed E-state index contributed by atoms with van der Waals surface area (Å²) in [5.74, 6) is -0.285. The van der Waals surface area contributed by atoms with E-state index in [0.29, 0.717) is 6.42 Å². The monoisotopic (exact) mass is 334 g/mol. The molecule has 0 aliphatic carbocycles. The van der Waals surface area contributed by atoms with Gasteiger partial charge < -0.3 is 28.7 Å². The summed E-state index contributed by atoms with van der Waals surface area (Å²) >= 11 is 0. The van der Waals surface area contributed by atoms with E-state index in [2.05, 4.69) is 0 Å². The standard InChI is InChI=1S/C6H16O6P2.4Na/c1-3-5(2)4-6(13(7,8)9)14(10,11)12;;;;/h5-6H,3-4H2,1-2H3,(H2,7,8,9)(H2,10,11,12);;;;/q;4*+1/p-4. The molecule has 0 aromatic carbocycles. The SMILES string of the molecule is CCC(C)CC(P(=O)([O-])[O-])P(=O)([O-])[O-].[Na+].[Na+].[Na+].[Na+]. The van der Waals surface area contributed by atoms with Gasteiger partial charge in [-0.2, -0.15) is 0 Å². The fourth-order valence-corrected chi connectivity index (χ4v) is 3.58. The molecular weight excluding hydrogens is 322 g/mol. The number of hydrogen-bond donors (Lipinski definition) is 0. The molecule has 0 spiro atoms. The van der Waals surface area contributed by atoms with Gasteiger partial charge in [0.1, 0.15) is 0 Å². The Bertz CT molecular complexity index is 257. The van der Waals surface area contributed by atoms with Crippen LogP contribution in [0.2, 0.25) is 0 Å². The summed E-state index contributed by atoms with van der Waals surface area (Å²) in [6.07, 6.45) is 0.0988. The summed E-state index contributed by atoms with van der Waals surface area (Å²) in [6.45, 7) is 3.29. The molecule has 0 fully saturated rings. The minimum atomic E-state index is -5.35. The van der Waals surface area contributed by atoms with Gasteiger partial charge in [0, 0.05) is 5.40 Å². The van der Waals surface area contributed by atoms with Gasteiger partial charge in [0.2, 0.25) is 0 Å². The normalized spacial score (nSPS) is 12.4. The predicted molar refractivity (Wildman–Crippen MR) is 43.1 cm³/mol. The van der Waals surface area contributed by atoms with E-state index in [9.17, 15) is 28.7 Å². The van der Waals surface area contributed by atoms with Gasteiger partial charge in [-0.05, 0) is 12.3 Å². The Morgan fingerprint density at radius 1 is 0.889 bits per heavy atom. The van der Waals surface area contributed by atoms with Crippen LogP contribution in [0.15, 0.2) is 0 Å². The van der Waals surface area contributed by atoms with E-state index < -0.39 is 27.0 Å². The molecule has 0 aliphatic heterocycles. The molecule has 86 valence electrons. The van der Waals surface area contributed by atoms with Crippen LogP contribution in [0.4, 0.5) is 0 Å². The van der Waals surface area contributed by atoms with Gasteiger partial charge in [0.15, 0.2) is 0 Å². The molecule has 18 heavy (non-hydrogen) atoms. The van der Waals surface area contributed by atoms with Gasteiger partial charge in [-0.25, -0.2) is 0 Å². The molecule has 1 unspecified atom stereocenters. The Labute approximate surface area is 196 Å². The molecule has 0 aromatic rings. The maximum absolute atomic E-state index is 10.5. The number of hydrogen-bond acceptors (Lipinski definition) is 6. The van der Waals surface area contributed by atoms with E-state index in [1.165, 1.54) is 0 Å². The van der Waals surface area contributed by atoms with E-state index >= 15 is 0 Å². The van der Waals surface area contributed by atoms with Crippen LogP contribution < -0.4 is 138 Å². The van der Waals surface area contributed by atoms with Crippen molar-refractivity contribution in [1.82, 2.24) is 0 Å². The van der Waals surface area contributed by atoms with Crippen molar-refractivity contribution in [1.29, 1.82) is 0 Å². The summed E-state index contributed by atoms with van der Waals surface area (Å²) in [5, 5.41) is -2.30. The molecule has 1 atom stereocenters. The number of rotatable bonds is 5. The Hall–Kier alpha value is 4.30. The Morgan fingerprint density at radius 2 is 1.17 bits per heavy atom. The van der Waals surface area contributed by atoms with E-state index in [-0.39, 0.29) is 124 Å². The molecule has 0 bridgehead atoms. The molecule has 6 nitrogen and oxygen atoms in total. The van der Waals surface area contributed by atoms with Gasteiger partial charge in [0.05, 0.1) is 0 Å². The molecule has 0 saturated heterocycles. The smallest absolute Gasteiger partial charge is 0.810 e. The molecule has 0 amide bonds. The van der Waals surface area contributed by atoms with E-state index in [1.54, 1.807) is 13.8 Å². The van der Waals surface area contributed by atoms with Crippen LogP contribution in [0, 0.1) is 5.92 Å². The Kier molecular flexibility index (Phi) is 27.9. The summed E-state index contributed by atoms with van der Waals surface area (Å²) < 4.78 is 21.1. The summed E-state index contributed by atoms with van der Waals surface area (Å²) in [5.41, 5.74) is 0. The van der Waals surface area contributed by atoms with Crippen molar-refractivity contribution >= 4 is 15.2 Å². The van der Waals surface area contributed by atoms with Gasteiger partial charge in [-0.3, -0.25) is 0 Å². The van der Waals surface area contributed by atoms with Crippen molar-refractivity contribution in [3.8, 4) is 0 Å². The van der Waals surface area contributed by atoms with Crippen molar-refractivity contribution in [2.75, 3.05) is 0 Å². The Morgan fingerprint density at radius 3 is 1.33 bits per heavy atom. The minimum Gasteiger partial charge on any atom is -0.810 e. The average molecular weight is 334 g/mol. The van der Waals surface area contributed by atoms with Crippen molar-refractivity contribution in [2.24, 2.45) is 5.92 Å². The Balaban J connectivity index is -0.000000141. The first-order chi connectivity index (χ1) is 6.09.